The highest BCUT2D eigenvalue weighted by atomic mass is 35.5. The lowest BCUT2D eigenvalue weighted by Gasteiger charge is -2.52. The minimum Gasteiger partial charge on any atom is -0.389 e. The van der Waals surface area contributed by atoms with Crippen molar-refractivity contribution in [2.75, 3.05) is 12.9 Å². The predicted molar refractivity (Wildman–Crippen MR) is 78.7 cm³/mol. The van der Waals surface area contributed by atoms with Gasteiger partial charge in [0.05, 0.1) is 18.1 Å². The van der Waals surface area contributed by atoms with Crippen molar-refractivity contribution < 1.29 is 14.7 Å². The number of aliphatic hydroxyl groups is 1. The number of hydrogen-bond donors (Lipinski definition) is 2. The Balaban J connectivity index is 1.93. The molecule has 0 bridgehead atoms. The van der Waals surface area contributed by atoms with Crippen molar-refractivity contribution in [2.24, 2.45) is 11.8 Å². The average molecular weight is 313 g/mol. The van der Waals surface area contributed by atoms with Gasteiger partial charge in [-0.25, -0.2) is 0 Å². The Labute approximate surface area is 129 Å². The maximum atomic E-state index is 12.4. The molecule has 0 aromatic carbocycles. The van der Waals surface area contributed by atoms with E-state index in [1.165, 1.54) is 4.90 Å². The number of likely N-dealkylation sites (N-methyl/N-ethyl adjacent to an activating group) is 1. The minimum atomic E-state index is -1.11. The monoisotopic (exact) mass is 312 g/mol. The van der Waals surface area contributed by atoms with Gasteiger partial charge in [-0.15, -0.1) is 11.6 Å². The number of hydrogen-bond acceptors (Lipinski definition) is 3. The molecule has 2 aliphatic heterocycles. The molecule has 0 radical (unpaired) electrons. The van der Waals surface area contributed by atoms with E-state index in [2.05, 4.69) is 5.32 Å². The van der Waals surface area contributed by atoms with E-state index in [1.807, 2.05) is 12.2 Å². The van der Waals surface area contributed by atoms with Crippen molar-refractivity contribution in [3.8, 4) is 0 Å². The quantitative estimate of drug-likeness (QED) is 0.455. The first-order chi connectivity index (χ1) is 10.0. The maximum Gasteiger partial charge on any atom is 0.251 e. The second-order valence-corrected chi connectivity index (χ2v) is 6.60. The Bertz CT molecular complexity index is 495. The van der Waals surface area contributed by atoms with Gasteiger partial charge >= 0.3 is 0 Å². The van der Waals surface area contributed by atoms with Crippen LogP contribution in [0.2, 0.25) is 0 Å². The number of carbonyl (C=O) groups excluding carboxylic acids is 2. The molecule has 116 valence electrons. The van der Waals surface area contributed by atoms with Crippen LogP contribution in [-0.2, 0) is 9.59 Å². The number of nitrogens with zero attached hydrogens (tertiary/aromatic N) is 1. The fourth-order valence-electron chi connectivity index (χ4n) is 4.12. The third-order valence-electron chi connectivity index (χ3n) is 5.30. The minimum absolute atomic E-state index is 0.0719. The van der Waals surface area contributed by atoms with Gasteiger partial charge in [-0.05, 0) is 25.7 Å². The fourth-order valence-corrected chi connectivity index (χ4v) is 4.36. The van der Waals surface area contributed by atoms with E-state index in [0.29, 0.717) is 12.3 Å². The van der Waals surface area contributed by atoms with Crippen molar-refractivity contribution in [1.29, 1.82) is 0 Å². The Morgan fingerprint density at radius 3 is 2.90 bits per heavy atom. The zero-order valence-electron chi connectivity index (χ0n) is 12.1. The number of aliphatic hydroxyl groups excluding tert-OH is 1. The van der Waals surface area contributed by atoms with Gasteiger partial charge in [0, 0.05) is 18.8 Å². The molecule has 0 spiro atoms. The van der Waals surface area contributed by atoms with Gasteiger partial charge in [-0.1, -0.05) is 12.2 Å². The average Bonchev–Trinajstić information content (AvgIpc) is 2.66. The molecule has 2 amide bonds. The fraction of sp³-hybridized carbons (Fsp3) is 0.733. The number of likely N-dealkylation sites (tertiary alicyclic amines) is 1. The zero-order valence-corrected chi connectivity index (χ0v) is 12.8. The molecule has 2 heterocycles. The predicted octanol–water partition coefficient (Wildman–Crippen LogP) is 0.658. The lowest BCUT2D eigenvalue weighted by atomic mass is 9.68. The number of allylic oxidation sites excluding steroid dienone is 1. The lowest BCUT2D eigenvalue weighted by Crippen LogP contribution is -2.81. The summed E-state index contributed by atoms with van der Waals surface area (Å²) in [6, 6.07) is -0.327. The summed E-state index contributed by atoms with van der Waals surface area (Å²) in [7, 11) is 1.62. The molecule has 21 heavy (non-hydrogen) atoms. The van der Waals surface area contributed by atoms with Crippen LogP contribution in [0, 0.1) is 11.8 Å². The van der Waals surface area contributed by atoms with Gasteiger partial charge in [0.15, 0.2) is 5.54 Å². The number of fused-ring (bicyclic) bond motifs is 1. The number of halogens is 1. The molecule has 2 N–H and O–H groups in total. The van der Waals surface area contributed by atoms with Crippen molar-refractivity contribution in [1.82, 2.24) is 10.2 Å². The molecule has 6 heteroatoms. The third kappa shape index (κ3) is 1.87. The second-order valence-electron chi connectivity index (χ2n) is 6.23. The van der Waals surface area contributed by atoms with Crippen LogP contribution in [0.25, 0.3) is 0 Å². The number of carbonyl (C=O) groups is 2. The molecule has 3 rings (SSSR count). The number of amides is 2. The number of rotatable bonds is 4. The smallest absolute Gasteiger partial charge is 0.251 e. The summed E-state index contributed by atoms with van der Waals surface area (Å²) >= 11 is 5.78. The first kappa shape index (κ1) is 14.9. The summed E-state index contributed by atoms with van der Waals surface area (Å²) in [6.07, 6.45) is 6.55. The molecule has 5 atom stereocenters. The van der Waals surface area contributed by atoms with Gasteiger partial charge < -0.3 is 15.3 Å². The first-order valence-corrected chi connectivity index (χ1v) is 8.08. The van der Waals surface area contributed by atoms with Crippen LogP contribution < -0.4 is 5.32 Å². The van der Waals surface area contributed by atoms with Gasteiger partial charge in [0.25, 0.3) is 5.91 Å². The summed E-state index contributed by atoms with van der Waals surface area (Å²) in [5.74, 6) is -0.374. The molecule has 2 fully saturated rings. The van der Waals surface area contributed by atoms with E-state index in [-0.39, 0.29) is 29.7 Å². The Morgan fingerprint density at radius 1 is 1.57 bits per heavy atom. The van der Waals surface area contributed by atoms with Crippen molar-refractivity contribution in [3.05, 3.63) is 12.2 Å². The Kier molecular flexibility index (Phi) is 3.74. The van der Waals surface area contributed by atoms with Gasteiger partial charge in [-0.3, -0.25) is 9.59 Å². The third-order valence-corrected chi connectivity index (χ3v) is 5.52. The van der Waals surface area contributed by atoms with Crippen LogP contribution in [0.4, 0.5) is 0 Å². The molecule has 0 aromatic rings. The molecule has 1 aliphatic carbocycles. The maximum absolute atomic E-state index is 12.4. The van der Waals surface area contributed by atoms with Crippen LogP contribution in [0.5, 0.6) is 0 Å². The molecule has 0 saturated carbocycles. The van der Waals surface area contributed by atoms with E-state index in [0.717, 1.165) is 19.3 Å². The normalized spacial score (nSPS) is 39.8. The van der Waals surface area contributed by atoms with E-state index in [1.54, 1.807) is 7.05 Å². The summed E-state index contributed by atoms with van der Waals surface area (Å²) in [5.41, 5.74) is -1.11. The highest BCUT2D eigenvalue weighted by Gasteiger charge is 2.72. The Hall–Kier alpha value is -1.07. The number of alkyl halides is 1. The second kappa shape index (κ2) is 5.29. The Morgan fingerprint density at radius 2 is 2.33 bits per heavy atom. The van der Waals surface area contributed by atoms with Crippen LogP contribution in [-0.4, -0.2) is 52.4 Å². The summed E-state index contributed by atoms with van der Waals surface area (Å²) in [4.78, 5) is 26.2. The van der Waals surface area contributed by atoms with Crippen LogP contribution in [0.3, 0.4) is 0 Å². The molecule has 5 nitrogen and oxygen atoms in total. The lowest BCUT2D eigenvalue weighted by molar-refractivity contribution is -0.162. The summed E-state index contributed by atoms with van der Waals surface area (Å²) < 4.78 is 0. The molecule has 2 saturated heterocycles. The van der Waals surface area contributed by atoms with Crippen LogP contribution >= 0.6 is 11.6 Å². The standard InChI is InChI=1S/C15H21ClN2O3/c1-18-13(20)10(7-8-16)11-15(18,14(21)17-11)12(19)9-5-3-2-4-6-9/h3,5,9-12,19H,2,4,6-8H2,1H3,(H,17,21)/t9-,10?,11-,12-,15-/m0/s1. The number of β-lactam (4-membered cyclic amide) rings is 1. The van der Waals surface area contributed by atoms with Crippen LogP contribution in [0.1, 0.15) is 25.7 Å². The highest BCUT2D eigenvalue weighted by molar-refractivity contribution is 6.18. The molecule has 3 aliphatic rings. The molecule has 0 aromatic heterocycles. The van der Waals surface area contributed by atoms with Gasteiger partial charge in [0.2, 0.25) is 5.91 Å². The SMILES string of the molecule is CN1C(=O)C(CCCl)[C@@H]2NC(=O)[C@@]21[C@@H](O)[C@H]1C=CCCC1. The summed E-state index contributed by atoms with van der Waals surface area (Å²) in [5, 5.41) is 13.7. The summed E-state index contributed by atoms with van der Waals surface area (Å²) in [6.45, 7) is 0. The van der Waals surface area contributed by atoms with Gasteiger partial charge in [-0.2, -0.15) is 0 Å². The van der Waals surface area contributed by atoms with E-state index >= 15 is 0 Å². The highest BCUT2D eigenvalue weighted by Crippen LogP contribution is 2.46. The molecular weight excluding hydrogens is 292 g/mol. The number of nitrogens with one attached hydrogen (secondary N) is 1. The first-order valence-electron chi connectivity index (χ1n) is 7.54. The molecule has 1 unspecified atom stereocenters. The molecular formula is C15H21ClN2O3. The van der Waals surface area contributed by atoms with E-state index in [4.69, 9.17) is 11.6 Å². The van der Waals surface area contributed by atoms with E-state index in [9.17, 15) is 14.7 Å². The zero-order chi connectivity index (χ0) is 15.2. The topological polar surface area (TPSA) is 69.6 Å². The van der Waals surface area contributed by atoms with Crippen molar-refractivity contribution >= 4 is 23.4 Å². The van der Waals surface area contributed by atoms with Crippen LogP contribution in [0.15, 0.2) is 12.2 Å². The van der Waals surface area contributed by atoms with Crippen molar-refractivity contribution in [3.63, 3.8) is 0 Å². The largest absolute Gasteiger partial charge is 0.389 e. The van der Waals surface area contributed by atoms with E-state index < -0.39 is 11.6 Å². The van der Waals surface area contributed by atoms with Gasteiger partial charge in [0.1, 0.15) is 0 Å². The van der Waals surface area contributed by atoms with Crippen molar-refractivity contribution in [2.45, 2.75) is 43.4 Å².